The first-order chi connectivity index (χ1) is 5.77. The summed E-state index contributed by atoms with van der Waals surface area (Å²) in [4.78, 5) is 0. The topological polar surface area (TPSA) is 18.5 Å². The summed E-state index contributed by atoms with van der Waals surface area (Å²) in [7, 11) is 0. The van der Waals surface area contributed by atoms with Gasteiger partial charge in [0.05, 0.1) is 6.10 Å². The average Bonchev–Trinajstić information content (AvgIpc) is 2.02. The zero-order chi connectivity index (χ0) is 9.23. The fourth-order valence-electron chi connectivity index (χ4n) is 0.872. The number of unbranched alkanes of at least 4 members (excludes halogenated alkanes) is 1. The predicted octanol–water partition coefficient (Wildman–Crippen LogP) is 2.62. The van der Waals surface area contributed by atoms with E-state index in [0.29, 0.717) is 6.10 Å². The third kappa shape index (κ3) is 9.92. The van der Waals surface area contributed by atoms with Gasteiger partial charge in [0.15, 0.2) is 0 Å². The molecule has 2 heteroatoms. The van der Waals surface area contributed by atoms with Crippen molar-refractivity contribution < 1.29 is 9.47 Å². The number of hydrogen-bond donors (Lipinski definition) is 0. The number of hydrogen-bond acceptors (Lipinski definition) is 2. The van der Waals surface area contributed by atoms with Crippen LogP contribution in [0.3, 0.4) is 0 Å². The molecule has 0 saturated carbocycles. The molecule has 0 N–H and O–H groups in total. The first kappa shape index (κ1) is 11.9. The zero-order valence-electron chi connectivity index (χ0n) is 8.64. The van der Waals surface area contributed by atoms with Gasteiger partial charge in [-0.15, -0.1) is 0 Å². The van der Waals surface area contributed by atoms with E-state index in [-0.39, 0.29) is 0 Å². The summed E-state index contributed by atoms with van der Waals surface area (Å²) in [6.07, 6.45) is 3.71. The molecule has 0 aromatic rings. The van der Waals surface area contributed by atoms with Gasteiger partial charge in [0.2, 0.25) is 0 Å². The first-order valence-electron chi connectivity index (χ1n) is 4.96. The molecular formula is C10H22O2. The second-order valence-corrected chi connectivity index (χ2v) is 3.24. The van der Waals surface area contributed by atoms with Crippen molar-refractivity contribution in [2.24, 2.45) is 0 Å². The van der Waals surface area contributed by atoms with E-state index in [4.69, 9.17) is 9.47 Å². The molecule has 0 aliphatic rings. The molecule has 0 radical (unpaired) electrons. The van der Waals surface area contributed by atoms with Crippen LogP contribution in [0.5, 0.6) is 0 Å². The molecule has 0 aliphatic carbocycles. The summed E-state index contributed by atoms with van der Waals surface area (Å²) in [5.41, 5.74) is 0. The zero-order valence-corrected chi connectivity index (χ0v) is 8.64. The van der Waals surface area contributed by atoms with Gasteiger partial charge in [-0.1, -0.05) is 6.92 Å². The Balaban J connectivity index is 2.82. The fourth-order valence-corrected chi connectivity index (χ4v) is 0.872. The Morgan fingerprint density at radius 2 is 1.67 bits per heavy atom. The van der Waals surface area contributed by atoms with Gasteiger partial charge in [-0.2, -0.15) is 0 Å². The molecule has 0 bridgehead atoms. The molecule has 12 heavy (non-hydrogen) atoms. The summed E-state index contributed by atoms with van der Waals surface area (Å²) in [6.45, 7) is 8.90. The van der Waals surface area contributed by atoms with Gasteiger partial charge >= 0.3 is 0 Å². The first-order valence-corrected chi connectivity index (χ1v) is 4.96. The molecule has 0 spiro atoms. The summed E-state index contributed by atoms with van der Waals surface area (Å²) < 4.78 is 10.7. The van der Waals surface area contributed by atoms with Gasteiger partial charge in [0.1, 0.15) is 0 Å². The van der Waals surface area contributed by atoms with Crippen LogP contribution in [0.2, 0.25) is 0 Å². The van der Waals surface area contributed by atoms with Crippen LogP contribution in [-0.4, -0.2) is 25.9 Å². The molecule has 0 saturated heterocycles. The number of ether oxygens (including phenoxy) is 2. The molecule has 0 atom stereocenters. The maximum absolute atomic E-state index is 5.39. The van der Waals surface area contributed by atoms with E-state index in [2.05, 4.69) is 20.8 Å². The Kier molecular flexibility index (Phi) is 8.95. The molecule has 0 aromatic carbocycles. The van der Waals surface area contributed by atoms with E-state index < -0.39 is 0 Å². The summed E-state index contributed by atoms with van der Waals surface area (Å²) in [5, 5.41) is 0. The Morgan fingerprint density at radius 1 is 1.00 bits per heavy atom. The third-order valence-electron chi connectivity index (χ3n) is 1.48. The van der Waals surface area contributed by atoms with Crippen molar-refractivity contribution in [2.45, 2.75) is 46.1 Å². The molecule has 2 nitrogen and oxygen atoms in total. The maximum atomic E-state index is 5.39. The molecule has 74 valence electrons. The van der Waals surface area contributed by atoms with Crippen molar-refractivity contribution in [3.05, 3.63) is 0 Å². The molecule has 0 aromatic heterocycles. The minimum atomic E-state index is 0.363. The van der Waals surface area contributed by atoms with Gasteiger partial charge in [-0.05, 0) is 33.1 Å². The Labute approximate surface area is 76.3 Å². The fraction of sp³-hybridized carbons (Fsp3) is 1.00. The lowest BCUT2D eigenvalue weighted by Gasteiger charge is -2.06. The predicted molar refractivity (Wildman–Crippen MR) is 51.4 cm³/mol. The van der Waals surface area contributed by atoms with E-state index in [1.807, 2.05) is 0 Å². The summed E-state index contributed by atoms with van der Waals surface area (Å²) >= 11 is 0. The van der Waals surface area contributed by atoms with Crippen molar-refractivity contribution in [3.8, 4) is 0 Å². The lowest BCUT2D eigenvalue weighted by molar-refractivity contribution is 0.0666. The van der Waals surface area contributed by atoms with Crippen LogP contribution in [0.4, 0.5) is 0 Å². The highest BCUT2D eigenvalue weighted by Crippen LogP contribution is 1.95. The van der Waals surface area contributed by atoms with E-state index in [0.717, 1.165) is 39.1 Å². The highest BCUT2D eigenvalue weighted by molar-refractivity contribution is 4.41. The average molecular weight is 174 g/mol. The Bertz CT molecular complexity index is 81.9. The molecular weight excluding hydrogens is 152 g/mol. The van der Waals surface area contributed by atoms with Crippen molar-refractivity contribution in [1.82, 2.24) is 0 Å². The van der Waals surface area contributed by atoms with Crippen LogP contribution in [0.25, 0.3) is 0 Å². The number of rotatable bonds is 8. The molecule has 0 rings (SSSR count). The largest absolute Gasteiger partial charge is 0.381 e. The molecule has 0 heterocycles. The quantitative estimate of drug-likeness (QED) is 0.527. The van der Waals surface area contributed by atoms with Crippen molar-refractivity contribution in [2.75, 3.05) is 19.8 Å². The van der Waals surface area contributed by atoms with Gasteiger partial charge < -0.3 is 9.47 Å². The van der Waals surface area contributed by atoms with E-state index >= 15 is 0 Å². The normalized spacial score (nSPS) is 11.0. The Morgan fingerprint density at radius 3 is 2.25 bits per heavy atom. The van der Waals surface area contributed by atoms with Gasteiger partial charge in [-0.3, -0.25) is 0 Å². The summed E-state index contributed by atoms with van der Waals surface area (Å²) in [5.74, 6) is 0. The molecule has 0 amide bonds. The van der Waals surface area contributed by atoms with Crippen molar-refractivity contribution >= 4 is 0 Å². The van der Waals surface area contributed by atoms with Crippen molar-refractivity contribution in [3.63, 3.8) is 0 Å². The van der Waals surface area contributed by atoms with E-state index in [9.17, 15) is 0 Å². The second-order valence-electron chi connectivity index (χ2n) is 3.24. The van der Waals surface area contributed by atoms with Crippen molar-refractivity contribution in [1.29, 1.82) is 0 Å². The molecule has 0 fully saturated rings. The van der Waals surface area contributed by atoms with Crippen LogP contribution >= 0.6 is 0 Å². The minimum Gasteiger partial charge on any atom is -0.381 e. The Hall–Kier alpha value is -0.0800. The maximum Gasteiger partial charge on any atom is 0.0518 e. The van der Waals surface area contributed by atoms with E-state index in [1.54, 1.807) is 0 Å². The third-order valence-corrected chi connectivity index (χ3v) is 1.48. The highest BCUT2D eigenvalue weighted by atomic mass is 16.5. The van der Waals surface area contributed by atoms with Crippen LogP contribution in [0.1, 0.15) is 40.0 Å². The standard InChI is InChI=1S/C10H22O2/c1-4-7-11-8-5-6-9-12-10(2)3/h10H,4-9H2,1-3H3. The van der Waals surface area contributed by atoms with Crippen LogP contribution in [-0.2, 0) is 9.47 Å². The lowest BCUT2D eigenvalue weighted by Crippen LogP contribution is -2.05. The highest BCUT2D eigenvalue weighted by Gasteiger charge is 1.92. The van der Waals surface area contributed by atoms with Gasteiger partial charge in [-0.25, -0.2) is 0 Å². The SMILES string of the molecule is CCCOCCCCOC(C)C. The minimum absolute atomic E-state index is 0.363. The summed E-state index contributed by atoms with van der Waals surface area (Å²) in [6, 6.07) is 0. The smallest absolute Gasteiger partial charge is 0.0518 e. The van der Waals surface area contributed by atoms with Crippen LogP contribution in [0, 0.1) is 0 Å². The van der Waals surface area contributed by atoms with Gasteiger partial charge in [0, 0.05) is 19.8 Å². The monoisotopic (exact) mass is 174 g/mol. The second kappa shape index (κ2) is 9.01. The molecule has 0 aliphatic heterocycles. The van der Waals surface area contributed by atoms with Crippen LogP contribution < -0.4 is 0 Å². The van der Waals surface area contributed by atoms with E-state index in [1.165, 1.54) is 0 Å². The molecule has 0 unspecified atom stereocenters. The van der Waals surface area contributed by atoms with Crippen LogP contribution in [0.15, 0.2) is 0 Å². The van der Waals surface area contributed by atoms with Gasteiger partial charge in [0.25, 0.3) is 0 Å². The lowest BCUT2D eigenvalue weighted by atomic mass is 10.3.